The monoisotopic (exact) mass is 181 g/mol. The highest BCUT2D eigenvalue weighted by molar-refractivity contribution is 5.57. The van der Waals surface area contributed by atoms with Gasteiger partial charge in [-0.05, 0) is 19.1 Å². The minimum absolute atomic E-state index is 0. The van der Waals surface area contributed by atoms with Gasteiger partial charge in [-0.25, -0.2) is 0 Å². The van der Waals surface area contributed by atoms with E-state index in [1.165, 1.54) is 0 Å². The second-order valence-electron chi connectivity index (χ2n) is 2.81. The molecule has 13 heavy (non-hydrogen) atoms. The third-order valence-electron chi connectivity index (χ3n) is 1.80. The number of anilines is 1. The summed E-state index contributed by atoms with van der Waals surface area (Å²) in [7, 11) is 0. The van der Waals surface area contributed by atoms with Crippen LogP contribution in [0, 0.1) is 0 Å². The van der Waals surface area contributed by atoms with Gasteiger partial charge in [-0.15, -0.1) is 0 Å². The first-order valence-electron chi connectivity index (χ1n) is 4.86. The Labute approximate surface area is 81.4 Å². The molecular formula is C11H19NO. The fraction of sp³-hybridized carbons (Fsp3) is 0.455. The predicted molar refractivity (Wildman–Crippen MR) is 58.5 cm³/mol. The van der Waals surface area contributed by atoms with Crippen molar-refractivity contribution in [3.8, 4) is 5.75 Å². The highest BCUT2D eigenvalue weighted by Gasteiger charge is 2.13. The Morgan fingerprint density at radius 1 is 1.38 bits per heavy atom. The van der Waals surface area contributed by atoms with Crippen molar-refractivity contribution in [2.24, 2.45) is 0 Å². The number of nitrogens with one attached hydrogen (secondary N) is 1. The molecule has 1 heterocycles. The van der Waals surface area contributed by atoms with Gasteiger partial charge in [0.15, 0.2) is 0 Å². The fourth-order valence-electron chi connectivity index (χ4n) is 1.23. The summed E-state index contributed by atoms with van der Waals surface area (Å²) in [6, 6.07) is 8.00. The molecule has 74 valence electrons. The van der Waals surface area contributed by atoms with Crippen LogP contribution >= 0.6 is 0 Å². The van der Waals surface area contributed by atoms with Gasteiger partial charge in [-0.3, -0.25) is 0 Å². The van der Waals surface area contributed by atoms with Crippen LogP contribution in [-0.2, 0) is 0 Å². The van der Waals surface area contributed by atoms with Gasteiger partial charge in [-0.1, -0.05) is 26.0 Å². The summed E-state index contributed by atoms with van der Waals surface area (Å²) in [6.45, 7) is 6.96. The molecular weight excluding hydrogens is 162 g/mol. The van der Waals surface area contributed by atoms with E-state index in [-0.39, 0.29) is 7.53 Å². The number of hydrogen-bond acceptors (Lipinski definition) is 2. The van der Waals surface area contributed by atoms with Gasteiger partial charge in [0.05, 0.1) is 12.2 Å². The molecule has 0 amide bonds. The van der Waals surface area contributed by atoms with Gasteiger partial charge in [0, 0.05) is 1.43 Å². The van der Waals surface area contributed by atoms with E-state index < -0.39 is 0 Å². The van der Waals surface area contributed by atoms with Crippen molar-refractivity contribution in [1.82, 2.24) is 0 Å². The molecule has 2 nitrogen and oxygen atoms in total. The number of para-hydroxylation sites is 2. The summed E-state index contributed by atoms with van der Waals surface area (Å²) >= 11 is 0. The first-order valence-corrected chi connectivity index (χ1v) is 4.86. The fourth-order valence-corrected chi connectivity index (χ4v) is 1.23. The summed E-state index contributed by atoms with van der Waals surface area (Å²) in [6.07, 6.45) is 0.282. The molecule has 0 aliphatic carbocycles. The molecule has 2 heteroatoms. The van der Waals surface area contributed by atoms with E-state index in [1.54, 1.807) is 0 Å². The lowest BCUT2D eigenvalue weighted by Gasteiger charge is -2.24. The molecule has 1 aliphatic heterocycles. The van der Waals surface area contributed by atoms with E-state index >= 15 is 0 Å². The van der Waals surface area contributed by atoms with Crippen LogP contribution in [0.25, 0.3) is 0 Å². The van der Waals surface area contributed by atoms with Gasteiger partial charge in [0.25, 0.3) is 0 Å². The third-order valence-corrected chi connectivity index (χ3v) is 1.80. The van der Waals surface area contributed by atoms with Crippen molar-refractivity contribution < 1.29 is 6.16 Å². The molecule has 0 fully saturated rings. The van der Waals surface area contributed by atoms with Gasteiger partial charge >= 0.3 is 0 Å². The molecule has 1 aromatic rings. The van der Waals surface area contributed by atoms with Crippen molar-refractivity contribution in [3.63, 3.8) is 0 Å². The zero-order valence-corrected chi connectivity index (χ0v) is 8.50. The molecule has 1 N–H and O–H groups in total. The Balaban J connectivity index is 0.000000531. The molecule has 0 bridgehead atoms. The lowest BCUT2D eigenvalue weighted by atomic mass is 10.2. The van der Waals surface area contributed by atoms with Crippen LogP contribution < -0.4 is 10.1 Å². The normalized spacial score (nSPS) is 18.5. The summed E-state index contributed by atoms with van der Waals surface area (Å²) in [5.74, 6) is 0.964. The zero-order chi connectivity index (χ0) is 9.68. The van der Waals surface area contributed by atoms with E-state index in [0.717, 1.165) is 18.0 Å². The molecule has 1 aromatic carbocycles. The maximum atomic E-state index is 5.57. The molecule has 1 atom stereocenters. The van der Waals surface area contributed by atoms with E-state index in [0.29, 0.717) is 0 Å². The minimum Gasteiger partial charge on any atom is -0.487 e. The van der Waals surface area contributed by atoms with E-state index in [2.05, 4.69) is 12.2 Å². The van der Waals surface area contributed by atoms with E-state index in [9.17, 15) is 0 Å². The third kappa shape index (κ3) is 2.38. The molecule has 1 aliphatic rings. The van der Waals surface area contributed by atoms with Crippen LogP contribution in [0.4, 0.5) is 5.69 Å². The van der Waals surface area contributed by atoms with Crippen LogP contribution in [0.1, 0.15) is 22.2 Å². The van der Waals surface area contributed by atoms with Crippen molar-refractivity contribution in [2.45, 2.75) is 26.9 Å². The average molecular weight is 181 g/mol. The lowest BCUT2D eigenvalue weighted by Crippen LogP contribution is -2.27. The van der Waals surface area contributed by atoms with Crippen LogP contribution in [0.2, 0.25) is 0 Å². The zero-order valence-electron chi connectivity index (χ0n) is 8.50. The predicted octanol–water partition coefficient (Wildman–Crippen LogP) is 3.15. The number of ether oxygens (including phenoxy) is 1. The van der Waals surface area contributed by atoms with E-state index in [4.69, 9.17) is 4.74 Å². The maximum absolute atomic E-state index is 5.57. The van der Waals surface area contributed by atoms with Gasteiger partial charge in [0.1, 0.15) is 11.9 Å². The molecule has 0 spiro atoms. The largest absolute Gasteiger partial charge is 0.487 e. The number of hydrogen-bond donors (Lipinski definition) is 1. The van der Waals surface area contributed by atoms with Gasteiger partial charge < -0.3 is 10.1 Å². The van der Waals surface area contributed by atoms with Crippen LogP contribution in [0.15, 0.2) is 24.3 Å². The first kappa shape index (κ1) is 9.90. The lowest BCUT2D eigenvalue weighted by molar-refractivity contribution is 0.226. The Hall–Kier alpha value is -1.18. The topological polar surface area (TPSA) is 21.3 Å². The quantitative estimate of drug-likeness (QED) is 0.664. The first-order chi connectivity index (χ1) is 6.36. The number of rotatable bonds is 0. The molecule has 0 radical (unpaired) electrons. The highest BCUT2D eigenvalue weighted by Crippen LogP contribution is 2.27. The van der Waals surface area contributed by atoms with Crippen LogP contribution in [0.5, 0.6) is 5.75 Å². The summed E-state index contributed by atoms with van der Waals surface area (Å²) in [4.78, 5) is 0. The summed E-state index contributed by atoms with van der Waals surface area (Å²) < 4.78 is 5.57. The van der Waals surface area contributed by atoms with Crippen molar-refractivity contribution in [1.29, 1.82) is 0 Å². The van der Waals surface area contributed by atoms with Gasteiger partial charge in [0.2, 0.25) is 0 Å². The van der Waals surface area contributed by atoms with E-state index in [1.807, 2.05) is 38.1 Å². The Kier molecular flexibility index (Phi) is 3.62. The number of fused-ring (bicyclic) bond motifs is 1. The Bertz CT molecular complexity index is 265. The second kappa shape index (κ2) is 4.75. The van der Waals surface area contributed by atoms with Crippen molar-refractivity contribution in [3.05, 3.63) is 24.3 Å². The van der Waals surface area contributed by atoms with Crippen LogP contribution in [0.3, 0.4) is 0 Å². The Morgan fingerprint density at radius 2 is 2.08 bits per heavy atom. The maximum Gasteiger partial charge on any atom is 0.142 e. The SMILES string of the molecule is CC.CC1CNc2ccccc2O1.[HH]. The molecule has 1 unspecified atom stereocenters. The smallest absolute Gasteiger partial charge is 0.142 e. The Morgan fingerprint density at radius 3 is 2.85 bits per heavy atom. The minimum atomic E-state index is 0. The molecule has 2 rings (SSSR count). The molecule has 0 saturated carbocycles. The van der Waals surface area contributed by atoms with Gasteiger partial charge in [-0.2, -0.15) is 0 Å². The average Bonchev–Trinajstić information content (AvgIpc) is 2.21. The summed E-state index contributed by atoms with van der Waals surface area (Å²) in [5, 5.41) is 3.29. The highest BCUT2D eigenvalue weighted by atomic mass is 16.5. The standard InChI is InChI=1S/C9H11NO.C2H6.H2/c1-7-6-10-8-4-2-3-5-9(8)11-7;1-2;/h2-5,7,10H,6H2,1H3;1-2H3;1H. The number of benzene rings is 1. The molecule has 0 saturated heterocycles. The summed E-state index contributed by atoms with van der Waals surface area (Å²) in [5.41, 5.74) is 1.10. The van der Waals surface area contributed by atoms with Crippen molar-refractivity contribution >= 4 is 5.69 Å². The second-order valence-corrected chi connectivity index (χ2v) is 2.81. The van der Waals surface area contributed by atoms with Crippen LogP contribution in [-0.4, -0.2) is 12.6 Å². The van der Waals surface area contributed by atoms with Crippen molar-refractivity contribution in [2.75, 3.05) is 11.9 Å². The molecule has 0 aromatic heterocycles.